The van der Waals surface area contributed by atoms with Gasteiger partial charge in [0.2, 0.25) is 0 Å². The summed E-state index contributed by atoms with van der Waals surface area (Å²) >= 11 is 3.61. The number of rotatable bonds is 3. The van der Waals surface area contributed by atoms with Crippen LogP contribution < -0.4 is 15.2 Å². The molecule has 0 spiro atoms. The Bertz CT molecular complexity index is 665. The van der Waals surface area contributed by atoms with E-state index in [9.17, 15) is 0 Å². The highest BCUT2D eigenvalue weighted by Gasteiger charge is 2.23. The van der Waals surface area contributed by atoms with Gasteiger partial charge in [0, 0.05) is 28.2 Å². The third-order valence-electron chi connectivity index (χ3n) is 3.47. The van der Waals surface area contributed by atoms with Crippen molar-refractivity contribution in [1.82, 2.24) is 9.78 Å². The zero-order chi connectivity index (χ0) is 15.0. The Morgan fingerprint density at radius 1 is 1.15 bits per heavy atom. The van der Waals surface area contributed by atoms with Crippen LogP contribution in [0.3, 0.4) is 0 Å². The summed E-state index contributed by atoms with van der Waals surface area (Å²) in [7, 11) is 5.06. The van der Waals surface area contributed by atoms with E-state index in [-0.39, 0.29) is 0 Å². The van der Waals surface area contributed by atoms with Crippen molar-refractivity contribution < 1.29 is 9.47 Å². The van der Waals surface area contributed by atoms with E-state index in [0.717, 1.165) is 26.7 Å². The molecular formula is C14H18BrN3O2. The van der Waals surface area contributed by atoms with E-state index >= 15 is 0 Å². The molecular weight excluding hydrogens is 322 g/mol. The first kappa shape index (κ1) is 14.7. The Labute approximate surface area is 126 Å². The lowest BCUT2D eigenvalue weighted by molar-refractivity contribution is 0.353. The molecule has 20 heavy (non-hydrogen) atoms. The molecule has 1 aromatic carbocycles. The van der Waals surface area contributed by atoms with E-state index in [4.69, 9.17) is 15.2 Å². The van der Waals surface area contributed by atoms with E-state index < -0.39 is 0 Å². The molecule has 1 heterocycles. The maximum absolute atomic E-state index is 6.10. The Morgan fingerprint density at radius 2 is 1.75 bits per heavy atom. The molecule has 0 atom stereocenters. The van der Waals surface area contributed by atoms with Crippen molar-refractivity contribution in [1.29, 1.82) is 0 Å². The average molecular weight is 340 g/mol. The SMILES string of the molecule is COc1c(C)c(Br)c(C)c(-c2cnn(C)c2N)c1OC. The lowest BCUT2D eigenvalue weighted by Gasteiger charge is -2.19. The van der Waals surface area contributed by atoms with Gasteiger partial charge in [-0.1, -0.05) is 15.9 Å². The van der Waals surface area contributed by atoms with Crippen molar-refractivity contribution in [2.45, 2.75) is 13.8 Å². The van der Waals surface area contributed by atoms with Gasteiger partial charge in [-0.3, -0.25) is 4.68 Å². The number of ether oxygens (including phenoxy) is 2. The second-order valence-corrected chi connectivity index (χ2v) is 5.37. The number of nitrogen functional groups attached to an aromatic ring is 1. The van der Waals surface area contributed by atoms with Crippen molar-refractivity contribution in [3.8, 4) is 22.6 Å². The molecule has 0 aliphatic rings. The van der Waals surface area contributed by atoms with E-state index in [1.54, 1.807) is 32.1 Å². The number of hydrogen-bond acceptors (Lipinski definition) is 4. The van der Waals surface area contributed by atoms with Gasteiger partial charge in [0.05, 0.1) is 20.4 Å². The van der Waals surface area contributed by atoms with E-state index in [0.29, 0.717) is 17.3 Å². The van der Waals surface area contributed by atoms with Gasteiger partial charge in [-0.15, -0.1) is 0 Å². The first-order valence-corrected chi connectivity index (χ1v) is 6.91. The van der Waals surface area contributed by atoms with Crippen LogP contribution in [0, 0.1) is 13.8 Å². The van der Waals surface area contributed by atoms with Gasteiger partial charge in [0.15, 0.2) is 11.5 Å². The van der Waals surface area contributed by atoms with Crippen LogP contribution in [0.4, 0.5) is 5.82 Å². The fourth-order valence-corrected chi connectivity index (χ4v) is 2.73. The van der Waals surface area contributed by atoms with E-state index in [1.807, 2.05) is 13.8 Å². The smallest absolute Gasteiger partial charge is 0.169 e. The van der Waals surface area contributed by atoms with Gasteiger partial charge in [0.1, 0.15) is 5.82 Å². The fraction of sp³-hybridized carbons (Fsp3) is 0.357. The number of aromatic nitrogens is 2. The maximum Gasteiger partial charge on any atom is 0.169 e. The van der Waals surface area contributed by atoms with Gasteiger partial charge in [-0.2, -0.15) is 5.10 Å². The number of anilines is 1. The molecule has 0 amide bonds. The lowest BCUT2D eigenvalue weighted by atomic mass is 9.98. The third kappa shape index (κ3) is 2.04. The van der Waals surface area contributed by atoms with Crippen LogP contribution in [0.25, 0.3) is 11.1 Å². The topological polar surface area (TPSA) is 62.3 Å². The highest BCUT2D eigenvalue weighted by Crippen LogP contribution is 2.47. The van der Waals surface area contributed by atoms with Crippen molar-refractivity contribution in [2.24, 2.45) is 7.05 Å². The Kier molecular flexibility index (Phi) is 3.94. The average Bonchev–Trinajstić information content (AvgIpc) is 2.76. The zero-order valence-corrected chi connectivity index (χ0v) is 13.8. The Morgan fingerprint density at radius 3 is 2.20 bits per heavy atom. The predicted molar refractivity (Wildman–Crippen MR) is 83.3 cm³/mol. The largest absolute Gasteiger partial charge is 0.493 e. The number of halogens is 1. The number of hydrogen-bond donors (Lipinski definition) is 1. The van der Waals surface area contributed by atoms with Crippen LogP contribution in [0.5, 0.6) is 11.5 Å². The first-order valence-electron chi connectivity index (χ1n) is 6.12. The van der Waals surface area contributed by atoms with Crippen molar-refractivity contribution in [3.63, 3.8) is 0 Å². The lowest BCUT2D eigenvalue weighted by Crippen LogP contribution is -2.02. The molecule has 108 valence electrons. The van der Waals surface area contributed by atoms with Crippen LogP contribution >= 0.6 is 15.9 Å². The molecule has 2 aromatic rings. The number of nitrogens with zero attached hydrogens (tertiary/aromatic N) is 2. The summed E-state index contributed by atoms with van der Waals surface area (Å²) in [6.45, 7) is 4.00. The van der Waals surface area contributed by atoms with Gasteiger partial charge < -0.3 is 15.2 Å². The highest BCUT2D eigenvalue weighted by atomic mass is 79.9. The highest BCUT2D eigenvalue weighted by molar-refractivity contribution is 9.10. The molecule has 0 bridgehead atoms. The Hall–Kier alpha value is -1.69. The normalized spacial score (nSPS) is 10.7. The second-order valence-electron chi connectivity index (χ2n) is 4.57. The molecule has 1 aromatic heterocycles. The van der Waals surface area contributed by atoms with Gasteiger partial charge in [-0.25, -0.2) is 0 Å². The van der Waals surface area contributed by atoms with Crippen LogP contribution in [-0.4, -0.2) is 24.0 Å². The summed E-state index contributed by atoms with van der Waals surface area (Å²) in [5.41, 5.74) is 9.86. The monoisotopic (exact) mass is 339 g/mol. The molecule has 2 rings (SSSR count). The quantitative estimate of drug-likeness (QED) is 0.933. The standard InChI is InChI=1S/C14H18BrN3O2/c1-7-10(9-6-17-18(3)14(9)16)13(20-5)12(19-4)8(2)11(7)15/h6H,16H2,1-5H3. The van der Waals surface area contributed by atoms with Crippen LogP contribution in [0.2, 0.25) is 0 Å². The summed E-state index contributed by atoms with van der Waals surface area (Å²) in [4.78, 5) is 0. The second kappa shape index (κ2) is 5.36. The third-order valence-corrected chi connectivity index (χ3v) is 4.66. The zero-order valence-electron chi connectivity index (χ0n) is 12.2. The molecule has 0 unspecified atom stereocenters. The van der Waals surface area contributed by atoms with Crippen LogP contribution in [0.15, 0.2) is 10.7 Å². The summed E-state index contributed by atoms with van der Waals surface area (Å²) in [6, 6.07) is 0. The molecule has 0 aliphatic heterocycles. The van der Waals surface area contributed by atoms with Crippen molar-refractivity contribution >= 4 is 21.7 Å². The number of benzene rings is 1. The van der Waals surface area contributed by atoms with Gasteiger partial charge in [-0.05, 0) is 19.4 Å². The van der Waals surface area contributed by atoms with Crippen LogP contribution in [-0.2, 0) is 7.05 Å². The minimum atomic E-state index is 0.587. The molecule has 0 fully saturated rings. The molecule has 0 saturated heterocycles. The minimum Gasteiger partial charge on any atom is -0.493 e. The van der Waals surface area contributed by atoms with Gasteiger partial charge in [0.25, 0.3) is 0 Å². The molecule has 0 radical (unpaired) electrons. The predicted octanol–water partition coefficient (Wildman–Crippen LogP) is 3.07. The first-order chi connectivity index (χ1) is 9.43. The summed E-state index contributed by atoms with van der Waals surface area (Å²) in [5, 5.41) is 4.20. The van der Waals surface area contributed by atoms with Crippen molar-refractivity contribution in [3.05, 3.63) is 21.8 Å². The number of aryl methyl sites for hydroxylation is 1. The van der Waals surface area contributed by atoms with E-state index in [2.05, 4.69) is 21.0 Å². The Balaban J connectivity index is 2.88. The molecule has 0 aliphatic carbocycles. The number of nitrogens with two attached hydrogens (primary N) is 1. The fourth-order valence-electron chi connectivity index (χ4n) is 2.35. The van der Waals surface area contributed by atoms with Crippen LogP contribution in [0.1, 0.15) is 11.1 Å². The molecule has 6 heteroatoms. The minimum absolute atomic E-state index is 0.587. The molecule has 2 N–H and O–H groups in total. The number of methoxy groups -OCH3 is 2. The summed E-state index contributed by atoms with van der Waals surface area (Å²) in [6.07, 6.45) is 1.74. The maximum atomic E-state index is 6.10. The van der Waals surface area contributed by atoms with Crippen molar-refractivity contribution in [2.75, 3.05) is 20.0 Å². The van der Waals surface area contributed by atoms with Gasteiger partial charge >= 0.3 is 0 Å². The molecule has 5 nitrogen and oxygen atoms in total. The summed E-state index contributed by atoms with van der Waals surface area (Å²) in [5.74, 6) is 1.96. The summed E-state index contributed by atoms with van der Waals surface area (Å²) < 4.78 is 13.7. The van der Waals surface area contributed by atoms with E-state index in [1.165, 1.54) is 0 Å². The molecule has 0 saturated carbocycles.